The number of carbonyl (C=O) groups is 1. The third kappa shape index (κ3) is 2.52. The average molecular weight is 234 g/mol. The molecule has 0 saturated carbocycles. The lowest BCUT2D eigenvalue weighted by Gasteiger charge is -2.27. The molecule has 0 bridgehead atoms. The van der Waals surface area contributed by atoms with Gasteiger partial charge in [0.05, 0.1) is 12.7 Å². The van der Waals surface area contributed by atoms with Crippen LogP contribution in [0.4, 0.5) is 0 Å². The molecule has 4 heteroatoms. The summed E-state index contributed by atoms with van der Waals surface area (Å²) >= 11 is 0. The number of phenolic OH excluding ortho intramolecular Hbond substituents is 1. The van der Waals surface area contributed by atoms with E-state index in [1.54, 1.807) is 6.07 Å². The lowest BCUT2D eigenvalue weighted by molar-refractivity contribution is 0.0738. The number of likely N-dealkylation sites (tertiary alicyclic amines) is 1. The molecule has 1 fully saturated rings. The van der Waals surface area contributed by atoms with Gasteiger partial charge in [-0.15, -0.1) is 0 Å². The van der Waals surface area contributed by atoms with Crippen LogP contribution < -0.4 is 4.74 Å². The van der Waals surface area contributed by atoms with E-state index in [1.165, 1.54) is 19.2 Å². The molecule has 1 N–H and O–H groups in total. The Balaban J connectivity index is 2.23. The zero-order chi connectivity index (χ0) is 12.3. The molecule has 1 aromatic carbocycles. The van der Waals surface area contributed by atoms with Crippen LogP contribution >= 0.6 is 0 Å². The van der Waals surface area contributed by atoms with Crippen molar-refractivity contribution in [3.63, 3.8) is 0 Å². The van der Waals surface area contributed by atoms with E-state index >= 15 is 0 Å². The third-order valence-electron chi connectivity index (χ3n) is 2.91. The van der Waals surface area contributed by atoms with Gasteiger partial charge in [-0.2, -0.15) is 0 Å². The predicted molar refractivity (Wildman–Crippen MR) is 64.1 cm³/mol. The van der Waals surface area contributed by atoms with Crippen molar-refractivity contribution in [1.82, 2.24) is 4.90 Å². The van der Waals surface area contributed by atoms with Gasteiger partial charge in [-0.05, 0) is 31.4 Å². The van der Waals surface area contributed by atoms with Gasteiger partial charge in [-0.1, -0.05) is 0 Å². The third-order valence-corrected chi connectivity index (χ3v) is 2.91. The van der Waals surface area contributed by atoms with Crippen LogP contribution in [-0.4, -0.2) is 36.1 Å². The first-order valence-corrected chi connectivity index (χ1v) is 5.70. The van der Waals surface area contributed by atoms with Crippen molar-refractivity contribution in [2.75, 3.05) is 20.2 Å². The average Bonchev–Trinajstić information content (AvgIpc) is 2.39. The highest BCUT2D eigenvalue weighted by Crippen LogP contribution is 2.25. The maximum absolute atomic E-state index is 12.2. The van der Waals surface area contributed by atoms with E-state index in [9.17, 15) is 9.90 Å². The summed E-state index contributed by atoms with van der Waals surface area (Å²) in [5.41, 5.74) is 0.507. The van der Waals surface area contributed by atoms with Crippen molar-refractivity contribution in [3.8, 4) is 11.5 Å². The Labute approximate surface area is 101 Å². The molecule has 2 rings (SSSR count). The quantitative estimate of drug-likeness (QED) is 0.849. The second kappa shape index (κ2) is 5.08. The van der Waals surface area contributed by atoms with Crippen LogP contribution in [0.2, 0.25) is 0 Å². The molecule has 0 aromatic heterocycles. The summed E-state index contributed by atoms with van der Waals surface area (Å²) in [6.07, 6.45) is 4.07. The lowest BCUT2D eigenvalue weighted by atomic mass is 10.1. The molecule has 1 aromatic rings. The van der Waals surface area contributed by atoms with Crippen LogP contribution in [0, 0.1) is 6.42 Å². The minimum atomic E-state index is -0.0325. The van der Waals surface area contributed by atoms with Gasteiger partial charge in [-0.25, -0.2) is 0 Å². The molecule has 1 amide bonds. The van der Waals surface area contributed by atoms with Crippen molar-refractivity contribution in [3.05, 3.63) is 30.2 Å². The maximum atomic E-state index is 12.2. The maximum Gasteiger partial charge on any atom is 0.257 e. The van der Waals surface area contributed by atoms with Gasteiger partial charge in [0.25, 0.3) is 5.91 Å². The monoisotopic (exact) mass is 234 g/mol. The van der Waals surface area contributed by atoms with Crippen molar-refractivity contribution >= 4 is 5.91 Å². The Morgan fingerprint density at radius 1 is 1.35 bits per heavy atom. The van der Waals surface area contributed by atoms with Gasteiger partial charge in [0.1, 0.15) is 11.5 Å². The second-order valence-electron chi connectivity index (χ2n) is 4.04. The Hall–Kier alpha value is -1.71. The molecule has 1 aliphatic heterocycles. The first kappa shape index (κ1) is 11.8. The van der Waals surface area contributed by atoms with Crippen LogP contribution in [0.5, 0.6) is 11.5 Å². The summed E-state index contributed by atoms with van der Waals surface area (Å²) in [6.45, 7) is 1.51. The standard InChI is InChI=1S/C13H16NO3/c1-17-12-9-10(15)5-6-11(12)13(16)14-7-3-2-4-8-14/h2,5-6,9,15H,3-4,7-8H2,1H3. The second-order valence-corrected chi connectivity index (χ2v) is 4.04. The topological polar surface area (TPSA) is 49.8 Å². The lowest BCUT2D eigenvalue weighted by Crippen LogP contribution is -2.35. The van der Waals surface area contributed by atoms with Crippen LogP contribution in [0.25, 0.3) is 0 Å². The fraction of sp³-hybridized carbons (Fsp3) is 0.385. The summed E-state index contributed by atoms with van der Waals surface area (Å²) in [5, 5.41) is 9.35. The number of methoxy groups -OCH3 is 1. The Morgan fingerprint density at radius 2 is 2.06 bits per heavy atom. The number of benzene rings is 1. The largest absolute Gasteiger partial charge is 0.508 e. The predicted octanol–water partition coefficient (Wildman–Crippen LogP) is 1.84. The first-order chi connectivity index (χ1) is 8.22. The first-order valence-electron chi connectivity index (χ1n) is 5.70. The van der Waals surface area contributed by atoms with Gasteiger partial charge in [-0.3, -0.25) is 4.79 Å². The smallest absolute Gasteiger partial charge is 0.257 e. The molecule has 0 unspecified atom stereocenters. The molecule has 1 aliphatic rings. The fourth-order valence-electron chi connectivity index (χ4n) is 1.98. The molecule has 1 saturated heterocycles. The number of amides is 1. The van der Waals surface area contributed by atoms with Gasteiger partial charge in [0, 0.05) is 19.2 Å². The number of hydrogen-bond donors (Lipinski definition) is 1. The van der Waals surface area contributed by atoms with E-state index in [0.717, 1.165) is 25.9 Å². The van der Waals surface area contributed by atoms with Crippen molar-refractivity contribution in [1.29, 1.82) is 0 Å². The van der Waals surface area contributed by atoms with Crippen LogP contribution in [0.3, 0.4) is 0 Å². The molecule has 17 heavy (non-hydrogen) atoms. The zero-order valence-corrected chi connectivity index (χ0v) is 9.85. The highest BCUT2D eigenvalue weighted by molar-refractivity contribution is 5.97. The molecule has 0 spiro atoms. The highest BCUT2D eigenvalue weighted by atomic mass is 16.5. The summed E-state index contributed by atoms with van der Waals surface area (Å²) in [7, 11) is 1.50. The zero-order valence-electron chi connectivity index (χ0n) is 9.85. The fourth-order valence-corrected chi connectivity index (χ4v) is 1.98. The van der Waals surface area contributed by atoms with E-state index in [-0.39, 0.29) is 11.7 Å². The molecule has 1 radical (unpaired) electrons. The number of piperidine rings is 1. The van der Waals surface area contributed by atoms with Gasteiger partial charge < -0.3 is 14.7 Å². The molecule has 1 heterocycles. The summed E-state index contributed by atoms with van der Waals surface area (Å²) in [6, 6.07) is 4.57. The molecular formula is C13H16NO3. The Morgan fingerprint density at radius 3 is 2.71 bits per heavy atom. The van der Waals surface area contributed by atoms with Crippen molar-refractivity contribution in [2.45, 2.75) is 12.8 Å². The van der Waals surface area contributed by atoms with E-state index in [4.69, 9.17) is 4.74 Å². The summed E-state index contributed by atoms with van der Waals surface area (Å²) in [5.74, 6) is 0.491. The number of hydrogen-bond acceptors (Lipinski definition) is 3. The minimum Gasteiger partial charge on any atom is -0.508 e. The number of phenols is 1. The molecule has 0 atom stereocenters. The normalized spacial score (nSPS) is 15.7. The van der Waals surface area contributed by atoms with E-state index in [0.29, 0.717) is 11.3 Å². The molecule has 0 aliphatic carbocycles. The minimum absolute atomic E-state index is 0.0325. The SMILES string of the molecule is COc1cc(O)ccc1C(=O)N1CC[CH]CC1. The number of aromatic hydroxyl groups is 1. The Kier molecular flexibility index (Phi) is 3.52. The van der Waals surface area contributed by atoms with E-state index < -0.39 is 0 Å². The van der Waals surface area contributed by atoms with E-state index in [1.807, 2.05) is 4.90 Å². The van der Waals surface area contributed by atoms with Gasteiger partial charge in [0.2, 0.25) is 0 Å². The highest BCUT2D eigenvalue weighted by Gasteiger charge is 2.21. The van der Waals surface area contributed by atoms with Crippen LogP contribution in [0.1, 0.15) is 23.2 Å². The summed E-state index contributed by atoms with van der Waals surface area (Å²) in [4.78, 5) is 14.1. The van der Waals surface area contributed by atoms with Gasteiger partial charge >= 0.3 is 0 Å². The molecule has 91 valence electrons. The number of nitrogens with zero attached hydrogens (tertiary/aromatic N) is 1. The molecular weight excluding hydrogens is 218 g/mol. The van der Waals surface area contributed by atoms with Crippen LogP contribution in [0.15, 0.2) is 18.2 Å². The van der Waals surface area contributed by atoms with Crippen molar-refractivity contribution < 1.29 is 14.6 Å². The van der Waals surface area contributed by atoms with Crippen LogP contribution in [-0.2, 0) is 0 Å². The number of carbonyl (C=O) groups excluding carboxylic acids is 1. The number of ether oxygens (including phenoxy) is 1. The van der Waals surface area contributed by atoms with E-state index in [2.05, 4.69) is 6.42 Å². The summed E-state index contributed by atoms with van der Waals surface area (Å²) < 4.78 is 5.12. The number of rotatable bonds is 2. The Bertz CT molecular complexity index is 411. The van der Waals surface area contributed by atoms with Gasteiger partial charge in [0.15, 0.2) is 0 Å². The van der Waals surface area contributed by atoms with Crippen molar-refractivity contribution in [2.24, 2.45) is 0 Å². The molecule has 4 nitrogen and oxygen atoms in total.